The second-order valence-corrected chi connectivity index (χ2v) is 7.65. The average Bonchev–Trinajstić information content (AvgIpc) is 2.55. The van der Waals surface area contributed by atoms with Gasteiger partial charge in [-0.25, -0.2) is 13.1 Å². The first kappa shape index (κ1) is 18.4. The van der Waals surface area contributed by atoms with Gasteiger partial charge in [-0.1, -0.05) is 35.9 Å². The van der Waals surface area contributed by atoms with Crippen molar-refractivity contribution >= 4 is 10.0 Å². The molecule has 6 heteroatoms. The summed E-state index contributed by atoms with van der Waals surface area (Å²) in [7, 11) is 1.89. The lowest BCUT2D eigenvalue weighted by molar-refractivity contribution is 0.289. The Bertz CT molecular complexity index is 771. The first-order chi connectivity index (χ1) is 11.3. The van der Waals surface area contributed by atoms with Crippen molar-refractivity contribution in [2.75, 3.05) is 27.7 Å². The monoisotopic (exact) mass is 348 g/mol. The van der Waals surface area contributed by atoms with E-state index in [-0.39, 0.29) is 17.5 Å². The highest BCUT2D eigenvalue weighted by Gasteiger charge is 2.21. The molecule has 0 amide bonds. The molecule has 1 N–H and O–H groups in total. The van der Waals surface area contributed by atoms with Crippen LogP contribution in [0.4, 0.5) is 0 Å². The number of benzene rings is 2. The van der Waals surface area contributed by atoms with E-state index in [1.807, 2.05) is 50.2 Å². The summed E-state index contributed by atoms with van der Waals surface area (Å²) in [5.74, 6) is 0.741. The Morgan fingerprint density at radius 3 is 2.29 bits per heavy atom. The molecule has 0 heterocycles. The van der Waals surface area contributed by atoms with Gasteiger partial charge in [-0.3, -0.25) is 0 Å². The molecule has 0 saturated carbocycles. The lowest BCUT2D eigenvalue weighted by Gasteiger charge is -2.26. The van der Waals surface area contributed by atoms with Crippen LogP contribution in [0.25, 0.3) is 0 Å². The molecular weight excluding hydrogens is 324 g/mol. The highest BCUT2D eigenvalue weighted by molar-refractivity contribution is 7.89. The molecular formula is C18H24N2O3S. The Morgan fingerprint density at radius 2 is 1.71 bits per heavy atom. The molecule has 5 nitrogen and oxygen atoms in total. The third-order valence-electron chi connectivity index (χ3n) is 3.92. The Labute approximate surface area is 144 Å². The van der Waals surface area contributed by atoms with E-state index in [1.165, 1.54) is 0 Å². The van der Waals surface area contributed by atoms with E-state index in [2.05, 4.69) is 4.72 Å². The molecule has 0 bridgehead atoms. The summed E-state index contributed by atoms with van der Waals surface area (Å²) in [4.78, 5) is 2.24. The first-order valence-electron chi connectivity index (χ1n) is 7.71. The number of aryl methyl sites for hydroxylation is 1. The lowest BCUT2D eigenvalue weighted by Crippen LogP contribution is -2.34. The fourth-order valence-electron chi connectivity index (χ4n) is 2.50. The number of hydrogen-bond acceptors (Lipinski definition) is 4. The van der Waals surface area contributed by atoms with Gasteiger partial charge in [-0.15, -0.1) is 0 Å². The van der Waals surface area contributed by atoms with E-state index < -0.39 is 10.0 Å². The van der Waals surface area contributed by atoms with Crippen LogP contribution in [0, 0.1) is 6.92 Å². The van der Waals surface area contributed by atoms with Crippen molar-refractivity contribution in [2.45, 2.75) is 17.9 Å². The number of likely N-dealkylation sites (N-methyl/N-ethyl adjacent to an activating group) is 1. The minimum absolute atomic E-state index is 0.138. The van der Waals surface area contributed by atoms with Gasteiger partial charge in [0.25, 0.3) is 0 Å². The Hall–Kier alpha value is -1.89. The van der Waals surface area contributed by atoms with Crippen molar-refractivity contribution in [1.82, 2.24) is 9.62 Å². The largest absolute Gasteiger partial charge is 0.496 e. The van der Waals surface area contributed by atoms with Crippen LogP contribution in [0.15, 0.2) is 53.4 Å². The Kier molecular flexibility index (Phi) is 5.99. The molecule has 0 aliphatic carbocycles. The topological polar surface area (TPSA) is 58.6 Å². The lowest BCUT2D eigenvalue weighted by atomic mass is 10.1. The quantitative estimate of drug-likeness (QED) is 0.835. The molecule has 0 fully saturated rings. The predicted molar refractivity (Wildman–Crippen MR) is 95.8 cm³/mol. The zero-order chi connectivity index (χ0) is 17.7. The number of nitrogens with one attached hydrogen (secondary N) is 1. The summed E-state index contributed by atoms with van der Waals surface area (Å²) >= 11 is 0. The van der Waals surface area contributed by atoms with Gasteiger partial charge in [0.1, 0.15) is 5.75 Å². The van der Waals surface area contributed by atoms with Crippen molar-refractivity contribution in [1.29, 1.82) is 0 Å². The molecule has 0 aliphatic heterocycles. The molecule has 0 saturated heterocycles. The molecule has 0 radical (unpaired) electrons. The maximum absolute atomic E-state index is 12.5. The van der Waals surface area contributed by atoms with E-state index in [4.69, 9.17) is 4.74 Å². The number of ether oxygens (including phenoxy) is 1. The van der Waals surface area contributed by atoms with Gasteiger partial charge in [-0.05, 0) is 39.2 Å². The van der Waals surface area contributed by atoms with Crippen LogP contribution in [-0.2, 0) is 10.0 Å². The SMILES string of the molecule is COc1ccccc1[C@@H](CNS(=O)(=O)c1ccc(C)cc1)N(C)C. The van der Waals surface area contributed by atoms with Crippen molar-refractivity contribution in [3.05, 3.63) is 59.7 Å². The van der Waals surface area contributed by atoms with E-state index in [1.54, 1.807) is 31.4 Å². The third kappa shape index (κ3) is 4.35. The van der Waals surface area contributed by atoms with Gasteiger partial charge in [0.2, 0.25) is 10.0 Å². The molecule has 0 aromatic heterocycles. The number of sulfonamides is 1. The summed E-state index contributed by atoms with van der Waals surface area (Å²) in [5.41, 5.74) is 1.96. The number of rotatable bonds is 7. The average molecular weight is 348 g/mol. The smallest absolute Gasteiger partial charge is 0.240 e. The van der Waals surface area contributed by atoms with E-state index in [9.17, 15) is 8.42 Å². The van der Waals surface area contributed by atoms with Crippen molar-refractivity contribution in [3.63, 3.8) is 0 Å². The van der Waals surface area contributed by atoms with Gasteiger partial charge in [-0.2, -0.15) is 0 Å². The first-order valence-corrected chi connectivity index (χ1v) is 9.19. The van der Waals surface area contributed by atoms with E-state index >= 15 is 0 Å². The van der Waals surface area contributed by atoms with Crippen molar-refractivity contribution in [3.8, 4) is 5.75 Å². The summed E-state index contributed by atoms with van der Waals surface area (Å²) < 4.78 is 33.1. The van der Waals surface area contributed by atoms with E-state index in [0.717, 1.165) is 16.9 Å². The van der Waals surface area contributed by atoms with Gasteiger partial charge in [0, 0.05) is 12.1 Å². The molecule has 1 atom stereocenters. The van der Waals surface area contributed by atoms with Crippen LogP contribution in [0.1, 0.15) is 17.2 Å². The van der Waals surface area contributed by atoms with Crippen LogP contribution in [0.5, 0.6) is 5.75 Å². The van der Waals surface area contributed by atoms with Gasteiger partial charge in [0.05, 0.1) is 18.0 Å². The number of nitrogens with zero attached hydrogens (tertiary/aromatic N) is 1. The summed E-state index contributed by atoms with van der Waals surface area (Å²) in [5, 5.41) is 0. The fraction of sp³-hybridized carbons (Fsp3) is 0.333. The van der Waals surface area contributed by atoms with Crippen LogP contribution >= 0.6 is 0 Å². The zero-order valence-corrected chi connectivity index (χ0v) is 15.3. The number of methoxy groups -OCH3 is 1. The highest BCUT2D eigenvalue weighted by Crippen LogP contribution is 2.27. The maximum atomic E-state index is 12.5. The molecule has 0 spiro atoms. The molecule has 24 heavy (non-hydrogen) atoms. The minimum atomic E-state index is -3.55. The Balaban J connectivity index is 2.21. The van der Waals surface area contributed by atoms with Crippen molar-refractivity contribution < 1.29 is 13.2 Å². The van der Waals surface area contributed by atoms with Crippen molar-refractivity contribution in [2.24, 2.45) is 0 Å². The minimum Gasteiger partial charge on any atom is -0.496 e. The number of para-hydroxylation sites is 1. The fourth-order valence-corrected chi connectivity index (χ4v) is 3.54. The van der Waals surface area contributed by atoms with Crippen LogP contribution in [0.3, 0.4) is 0 Å². The third-order valence-corrected chi connectivity index (χ3v) is 5.36. The normalized spacial score (nSPS) is 13.0. The number of hydrogen-bond donors (Lipinski definition) is 1. The zero-order valence-electron chi connectivity index (χ0n) is 14.5. The van der Waals surface area contributed by atoms with Gasteiger partial charge in [0.15, 0.2) is 0 Å². The van der Waals surface area contributed by atoms with Gasteiger partial charge < -0.3 is 9.64 Å². The second-order valence-electron chi connectivity index (χ2n) is 5.89. The molecule has 130 valence electrons. The van der Waals surface area contributed by atoms with Crippen LogP contribution in [-0.4, -0.2) is 41.1 Å². The summed E-state index contributed by atoms with van der Waals surface area (Å²) in [6.45, 7) is 2.18. The predicted octanol–water partition coefficient (Wildman–Crippen LogP) is 2.58. The molecule has 0 aliphatic rings. The molecule has 0 unspecified atom stereocenters. The summed E-state index contributed by atoms with van der Waals surface area (Å²) in [6.07, 6.45) is 0. The molecule has 2 rings (SSSR count). The summed E-state index contributed by atoms with van der Waals surface area (Å²) in [6, 6.07) is 14.3. The molecule has 2 aromatic carbocycles. The highest BCUT2D eigenvalue weighted by atomic mass is 32.2. The van der Waals surface area contributed by atoms with Crippen LogP contribution < -0.4 is 9.46 Å². The Morgan fingerprint density at radius 1 is 1.08 bits per heavy atom. The van der Waals surface area contributed by atoms with E-state index in [0.29, 0.717) is 0 Å². The van der Waals surface area contributed by atoms with Crippen LogP contribution in [0.2, 0.25) is 0 Å². The molecule has 2 aromatic rings. The maximum Gasteiger partial charge on any atom is 0.240 e. The second kappa shape index (κ2) is 7.79. The standard InChI is InChI=1S/C18H24N2O3S/c1-14-9-11-15(12-10-14)24(21,22)19-13-17(20(2)3)16-7-5-6-8-18(16)23-4/h5-12,17,19H,13H2,1-4H3/t17-/m1/s1. The van der Waals surface area contributed by atoms with Gasteiger partial charge >= 0.3 is 0 Å².